The van der Waals surface area contributed by atoms with Crippen molar-refractivity contribution in [1.82, 2.24) is 14.5 Å². The van der Waals surface area contributed by atoms with Gasteiger partial charge in [-0.2, -0.15) is 4.31 Å². The molecule has 3 rings (SSSR count). The van der Waals surface area contributed by atoms with Crippen molar-refractivity contribution in [2.24, 2.45) is 17.8 Å². The molecule has 2 aliphatic rings. The largest absolute Gasteiger partial charge is 0.465 e. The van der Waals surface area contributed by atoms with Crippen molar-refractivity contribution >= 4 is 22.0 Å². The van der Waals surface area contributed by atoms with Gasteiger partial charge >= 0.3 is 6.09 Å². The third kappa shape index (κ3) is 5.01. The lowest BCUT2D eigenvalue weighted by atomic mass is 9.96. The maximum Gasteiger partial charge on any atom is 0.407 e. The van der Waals surface area contributed by atoms with E-state index in [-0.39, 0.29) is 41.1 Å². The van der Waals surface area contributed by atoms with Crippen LogP contribution in [0.5, 0.6) is 0 Å². The number of amides is 2. The number of carbonyl (C=O) groups is 2. The van der Waals surface area contributed by atoms with Crippen LogP contribution in [-0.2, 0) is 14.8 Å². The summed E-state index contributed by atoms with van der Waals surface area (Å²) in [5.41, 5.74) is 0. The molecule has 0 radical (unpaired) electrons. The average molecular weight is 456 g/mol. The molecule has 10 heteroatoms. The van der Waals surface area contributed by atoms with Gasteiger partial charge in [0, 0.05) is 26.2 Å². The van der Waals surface area contributed by atoms with Gasteiger partial charge in [0.2, 0.25) is 15.9 Å². The van der Waals surface area contributed by atoms with Gasteiger partial charge in [-0.05, 0) is 61.3 Å². The molecule has 0 unspecified atom stereocenters. The zero-order valence-electron chi connectivity index (χ0n) is 18.0. The van der Waals surface area contributed by atoms with Gasteiger partial charge in [0.1, 0.15) is 11.9 Å². The van der Waals surface area contributed by atoms with Crippen LogP contribution in [0.4, 0.5) is 9.18 Å². The van der Waals surface area contributed by atoms with E-state index in [4.69, 9.17) is 0 Å². The van der Waals surface area contributed by atoms with Crippen LogP contribution in [-0.4, -0.2) is 67.0 Å². The summed E-state index contributed by atoms with van der Waals surface area (Å²) in [4.78, 5) is 25.4. The Labute approximate surface area is 182 Å². The third-order valence-electron chi connectivity index (χ3n) is 6.37. The normalized spacial score (nSPS) is 24.7. The van der Waals surface area contributed by atoms with Gasteiger partial charge in [0.15, 0.2) is 0 Å². The van der Waals surface area contributed by atoms with Crippen molar-refractivity contribution in [3.05, 3.63) is 30.1 Å². The number of carbonyl (C=O) groups excluding carboxylic acids is 1. The van der Waals surface area contributed by atoms with E-state index in [9.17, 15) is 27.5 Å². The van der Waals surface area contributed by atoms with E-state index < -0.39 is 28.0 Å². The number of likely N-dealkylation sites (N-methyl/N-ethyl adjacent to an activating group) is 1. The molecule has 2 amide bonds. The maximum atomic E-state index is 13.2. The van der Waals surface area contributed by atoms with E-state index in [0.717, 1.165) is 29.9 Å². The molecule has 1 aromatic carbocycles. The molecular formula is C21H30FN3O5S. The zero-order valence-corrected chi connectivity index (χ0v) is 18.8. The Kier molecular flexibility index (Phi) is 6.90. The molecule has 1 aliphatic carbocycles. The highest BCUT2D eigenvalue weighted by Crippen LogP contribution is 2.40. The van der Waals surface area contributed by atoms with Crippen molar-refractivity contribution in [2.45, 2.75) is 50.1 Å². The standard InChI is InChI=1S/C21H30FN3O5S/c1-13(2)10-19(24(3)21(27)28)20(26)23-18-9-4-14-11-25(12-17(14)18)31(29,30)16-7-5-15(22)6-8-16/h5-8,13-14,17-19H,4,9-12H2,1-3H3,(H,23,26)(H,27,28)/t14-,17+,18+,19-/m0/s1. The lowest BCUT2D eigenvalue weighted by Gasteiger charge is -2.29. The lowest BCUT2D eigenvalue weighted by molar-refractivity contribution is -0.127. The van der Waals surface area contributed by atoms with Crippen molar-refractivity contribution < 1.29 is 27.5 Å². The van der Waals surface area contributed by atoms with E-state index in [1.807, 2.05) is 13.8 Å². The molecule has 1 aromatic rings. The number of nitrogens with one attached hydrogen (secondary N) is 1. The highest BCUT2D eigenvalue weighted by atomic mass is 32.2. The predicted molar refractivity (Wildman–Crippen MR) is 112 cm³/mol. The van der Waals surface area contributed by atoms with E-state index >= 15 is 0 Å². The molecular weight excluding hydrogens is 425 g/mol. The van der Waals surface area contributed by atoms with E-state index in [1.165, 1.54) is 23.5 Å². The number of hydrogen-bond donors (Lipinski definition) is 2. The van der Waals surface area contributed by atoms with Crippen LogP contribution in [0, 0.1) is 23.6 Å². The fourth-order valence-corrected chi connectivity index (χ4v) is 6.19. The molecule has 2 N–H and O–H groups in total. The van der Waals surface area contributed by atoms with Gasteiger partial charge in [-0.3, -0.25) is 9.69 Å². The van der Waals surface area contributed by atoms with Crippen LogP contribution < -0.4 is 5.32 Å². The quantitative estimate of drug-likeness (QED) is 0.656. The minimum atomic E-state index is -3.74. The Morgan fingerprint density at radius 3 is 2.45 bits per heavy atom. The highest BCUT2D eigenvalue weighted by molar-refractivity contribution is 7.89. The summed E-state index contributed by atoms with van der Waals surface area (Å²) < 4.78 is 40.5. The first-order valence-corrected chi connectivity index (χ1v) is 12.0. The first-order valence-electron chi connectivity index (χ1n) is 10.5. The number of fused-ring (bicyclic) bond motifs is 1. The molecule has 0 spiro atoms. The molecule has 1 saturated heterocycles. The molecule has 172 valence electrons. The molecule has 4 atom stereocenters. The van der Waals surface area contributed by atoms with Crippen LogP contribution >= 0.6 is 0 Å². The fraction of sp³-hybridized carbons (Fsp3) is 0.619. The number of nitrogens with zero attached hydrogens (tertiary/aromatic N) is 2. The summed E-state index contributed by atoms with van der Waals surface area (Å²) in [6.07, 6.45) is 0.758. The Balaban J connectivity index is 1.70. The first-order chi connectivity index (χ1) is 14.5. The number of sulfonamides is 1. The van der Waals surface area contributed by atoms with Gasteiger partial charge < -0.3 is 10.4 Å². The van der Waals surface area contributed by atoms with E-state index in [2.05, 4.69) is 5.32 Å². The number of rotatable bonds is 7. The number of benzene rings is 1. The zero-order chi connectivity index (χ0) is 22.9. The van der Waals surface area contributed by atoms with Crippen LogP contribution in [0.15, 0.2) is 29.2 Å². The summed E-state index contributed by atoms with van der Waals surface area (Å²) in [6.45, 7) is 4.49. The van der Waals surface area contributed by atoms with Crippen molar-refractivity contribution in [3.8, 4) is 0 Å². The second-order valence-electron chi connectivity index (χ2n) is 8.93. The van der Waals surface area contributed by atoms with E-state index in [1.54, 1.807) is 0 Å². The Morgan fingerprint density at radius 1 is 1.23 bits per heavy atom. The van der Waals surface area contributed by atoms with Gasteiger partial charge in [-0.25, -0.2) is 17.6 Å². The second kappa shape index (κ2) is 9.12. The molecule has 1 aliphatic heterocycles. The Bertz CT molecular complexity index is 921. The minimum Gasteiger partial charge on any atom is -0.465 e. The maximum absolute atomic E-state index is 13.2. The van der Waals surface area contributed by atoms with Gasteiger partial charge in [0.25, 0.3) is 0 Å². The lowest BCUT2D eigenvalue weighted by Crippen LogP contribution is -2.51. The topological polar surface area (TPSA) is 107 Å². The summed E-state index contributed by atoms with van der Waals surface area (Å²) in [6, 6.07) is 3.77. The molecule has 31 heavy (non-hydrogen) atoms. The van der Waals surface area contributed by atoms with Gasteiger partial charge in [-0.1, -0.05) is 13.8 Å². The Morgan fingerprint density at radius 2 is 1.87 bits per heavy atom. The summed E-state index contributed by atoms with van der Waals surface area (Å²) >= 11 is 0. The molecule has 1 saturated carbocycles. The molecule has 0 aromatic heterocycles. The fourth-order valence-electron chi connectivity index (χ4n) is 4.66. The minimum absolute atomic E-state index is 0.0333. The molecule has 2 fully saturated rings. The number of carboxylic acid groups (broad SMARTS) is 1. The van der Waals surface area contributed by atoms with Crippen LogP contribution in [0.1, 0.15) is 33.1 Å². The number of hydrogen-bond acceptors (Lipinski definition) is 4. The summed E-state index contributed by atoms with van der Waals surface area (Å²) in [5, 5.41) is 12.3. The molecule has 1 heterocycles. The molecule has 8 nitrogen and oxygen atoms in total. The monoisotopic (exact) mass is 455 g/mol. The van der Waals surface area contributed by atoms with Crippen LogP contribution in [0.25, 0.3) is 0 Å². The average Bonchev–Trinajstić information content (AvgIpc) is 3.28. The van der Waals surface area contributed by atoms with Gasteiger partial charge in [0.05, 0.1) is 4.90 Å². The SMILES string of the molecule is CC(C)C[C@@H](C(=O)N[C@@H]1CC[C@H]2CN(S(=O)(=O)c3ccc(F)cc3)C[C@H]21)N(C)C(=O)O. The van der Waals surface area contributed by atoms with Gasteiger partial charge in [-0.15, -0.1) is 0 Å². The van der Waals surface area contributed by atoms with Crippen molar-refractivity contribution in [2.75, 3.05) is 20.1 Å². The third-order valence-corrected chi connectivity index (χ3v) is 8.21. The number of halogens is 1. The first kappa shape index (κ1) is 23.5. The highest BCUT2D eigenvalue weighted by Gasteiger charge is 2.47. The van der Waals surface area contributed by atoms with Crippen molar-refractivity contribution in [3.63, 3.8) is 0 Å². The smallest absolute Gasteiger partial charge is 0.407 e. The summed E-state index contributed by atoms with van der Waals surface area (Å²) in [7, 11) is -2.35. The van der Waals surface area contributed by atoms with Crippen LogP contribution in [0.3, 0.4) is 0 Å². The van der Waals surface area contributed by atoms with Crippen molar-refractivity contribution in [1.29, 1.82) is 0 Å². The van der Waals surface area contributed by atoms with Crippen LogP contribution in [0.2, 0.25) is 0 Å². The van der Waals surface area contributed by atoms with E-state index in [0.29, 0.717) is 13.0 Å². The second-order valence-corrected chi connectivity index (χ2v) is 10.9. The predicted octanol–water partition coefficient (Wildman–Crippen LogP) is 2.37. The Hall–Kier alpha value is -2.20. The molecule has 0 bridgehead atoms. The summed E-state index contributed by atoms with van der Waals surface area (Å²) in [5.74, 6) is -0.613.